The second-order valence-corrected chi connectivity index (χ2v) is 7.75. The van der Waals surface area contributed by atoms with E-state index in [0.717, 1.165) is 37.2 Å². The highest BCUT2D eigenvalue weighted by Gasteiger charge is 2.31. The molecule has 0 spiro atoms. The number of halogens is 1. The molecule has 0 amide bonds. The van der Waals surface area contributed by atoms with Crippen molar-refractivity contribution >= 4 is 11.6 Å². The van der Waals surface area contributed by atoms with Gasteiger partial charge in [0.05, 0.1) is 11.6 Å². The highest BCUT2D eigenvalue weighted by molar-refractivity contribution is 6.30. The fourth-order valence-corrected chi connectivity index (χ4v) is 4.14. The van der Waals surface area contributed by atoms with Crippen LogP contribution in [-0.4, -0.2) is 27.7 Å². The van der Waals surface area contributed by atoms with Crippen molar-refractivity contribution in [3.63, 3.8) is 0 Å². The van der Waals surface area contributed by atoms with E-state index in [9.17, 15) is 9.90 Å². The van der Waals surface area contributed by atoms with Crippen molar-refractivity contribution in [2.45, 2.75) is 46.2 Å². The van der Waals surface area contributed by atoms with E-state index in [2.05, 4.69) is 11.8 Å². The molecule has 1 aromatic carbocycles. The van der Waals surface area contributed by atoms with Gasteiger partial charge in [0.15, 0.2) is 0 Å². The third-order valence-electron chi connectivity index (χ3n) is 5.46. The van der Waals surface area contributed by atoms with Crippen molar-refractivity contribution in [2.24, 2.45) is 5.92 Å². The molecule has 2 heterocycles. The Morgan fingerprint density at radius 3 is 2.58 bits per heavy atom. The fraction of sp³-hybridized carbons (Fsp3) is 0.476. The molecule has 1 atom stereocenters. The summed E-state index contributed by atoms with van der Waals surface area (Å²) in [5.41, 5.74) is 2.06. The van der Waals surface area contributed by atoms with Gasteiger partial charge in [0.25, 0.3) is 5.56 Å². The lowest BCUT2D eigenvalue weighted by atomic mass is 9.92. The number of aryl methyl sites for hydroxylation is 1. The number of hydrogen-bond acceptors (Lipinski definition) is 3. The van der Waals surface area contributed by atoms with Crippen LogP contribution in [0.4, 0.5) is 0 Å². The predicted molar refractivity (Wildman–Crippen MR) is 106 cm³/mol. The molecule has 5 heteroatoms. The van der Waals surface area contributed by atoms with E-state index in [1.165, 1.54) is 0 Å². The molecular formula is C21H27ClN2O2. The van der Waals surface area contributed by atoms with Gasteiger partial charge in [0, 0.05) is 17.3 Å². The van der Waals surface area contributed by atoms with E-state index >= 15 is 0 Å². The van der Waals surface area contributed by atoms with Crippen molar-refractivity contribution in [3.8, 4) is 5.75 Å². The van der Waals surface area contributed by atoms with Crippen LogP contribution in [0.1, 0.15) is 49.6 Å². The zero-order valence-electron chi connectivity index (χ0n) is 15.7. The van der Waals surface area contributed by atoms with Crippen LogP contribution in [0.3, 0.4) is 0 Å². The first-order chi connectivity index (χ1) is 12.4. The number of nitrogens with zero attached hydrogens (tertiary/aromatic N) is 2. The number of hydrogen-bond donors (Lipinski definition) is 1. The average Bonchev–Trinajstić information content (AvgIpc) is 2.60. The van der Waals surface area contributed by atoms with Gasteiger partial charge >= 0.3 is 0 Å². The van der Waals surface area contributed by atoms with Crippen molar-refractivity contribution < 1.29 is 5.11 Å². The molecule has 1 aromatic heterocycles. The molecule has 0 bridgehead atoms. The zero-order valence-corrected chi connectivity index (χ0v) is 16.5. The van der Waals surface area contributed by atoms with E-state index in [4.69, 9.17) is 11.6 Å². The lowest BCUT2D eigenvalue weighted by Crippen LogP contribution is -2.40. The molecule has 0 aliphatic carbocycles. The highest BCUT2D eigenvalue weighted by atomic mass is 35.5. The largest absolute Gasteiger partial charge is 0.507 e. The number of benzene rings is 1. The van der Waals surface area contributed by atoms with Gasteiger partial charge in [-0.2, -0.15) is 0 Å². The summed E-state index contributed by atoms with van der Waals surface area (Å²) in [5.74, 6) is 0.756. The Morgan fingerprint density at radius 2 is 1.96 bits per heavy atom. The third-order valence-corrected chi connectivity index (χ3v) is 5.70. The average molecular weight is 375 g/mol. The van der Waals surface area contributed by atoms with Gasteiger partial charge in [-0.25, -0.2) is 0 Å². The molecule has 1 aliphatic heterocycles. The van der Waals surface area contributed by atoms with Gasteiger partial charge in [0.1, 0.15) is 5.75 Å². The van der Waals surface area contributed by atoms with Crippen LogP contribution < -0.4 is 5.56 Å². The van der Waals surface area contributed by atoms with Gasteiger partial charge < -0.3 is 9.67 Å². The zero-order chi connectivity index (χ0) is 18.8. The van der Waals surface area contributed by atoms with Crippen LogP contribution in [-0.2, 0) is 6.54 Å². The summed E-state index contributed by atoms with van der Waals surface area (Å²) in [6.07, 6.45) is 2.18. The lowest BCUT2D eigenvalue weighted by Gasteiger charge is -2.37. The van der Waals surface area contributed by atoms with Crippen LogP contribution in [0, 0.1) is 12.8 Å². The minimum atomic E-state index is -0.285. The number of piperidine rings is 1. The van der Waals surface area contributed by atoms with Crippen LogP contribution in [0.25, 0.3) is 0 Å². The number of aromatic nitrogens is 1. The fourth-order valence-electron chi connectivity index (χ4n) is 3.94. The first kappa shape index (κ1) is 19.0. The summed E-state index contributed by atoms with van der Waals surface area (Å²) >= 11 is 6.24. The Kier molecular flexibility index (Phi) is 5.73. The van der Waals surface area contributed by atoms with Crippen LogP contribution >= 0.6 is 11.6 Å². The van der Waals surface area contributed by atoms with Gasteiger partial charge in [0.2, 0.25) is 0 Å². The van der Waals surface area contributed by atoms with E-state index < -0.39 is 0 Å². The van der Waals surface area contributed by atoms with E-state index in [-0.39, 0.29) is 17.4 Å². The minimum Gasteiger partial charge on any atom is -0.507 e. The number of pyridine rings is 1. The Balaban J connectivity index is 2.17. The molecule has 140 valence electrons. The summed E-state index contributed by atoms with van der Waals surface area (Å²) in [5, 5.41) is 11.3. The van der Waals surface area contributed by atoms with Crippen LogP contribution in [0.5, 0.6) is 5.75 Å². The summed E-state index contributed by atoms with van der Waals surface area (Å²) in [6, 6.07) is 9.04. The highest BCUT2D eigenvalue weighted by Crippen LogP contribution is 2.35. The monoisotopic (exact) mass is 374 g/mol. The normalized spacial score (nSPS) is 17.4. The van der Waals surface area contributed by atoms with Gasteiger partial charge in [-0.1, -0.05) is 30.7 Å². The van der Waals surface area contributed by atoms with Crippen molar-refractivity contribution in [2.75, 3.05) is 13.1 Å². The molecule has 3 rings (SSSR count). The molecule has 26 heavy (non-hydrogen) atoms. The molecule has 1 fully saturated rings. The van der Waals surface area contributed by atoms with E-state index in [1.54, 1.807) is 10.6 Å². The smallest absolute Gasteiger partial charge is 0.259 e. The second-order valence-electron chi connectivity index (χ2n) is 7.31. The molecule has 0 radical (unpaired) electrons. The minimum absolute atomic E-state index is 0.0702. The molecule has 0 saturated carbocycles. The molecule has 1 saturated heterocycles. The Labute approximate surface area is 160 Å². The SMILES string of the molecule is CCn1c(C)cc(O)c([C@H](c2cccc(Cl)c2)N2CCC(C)CC2)c1=O. The number of aromatic hydroxyl groups is 1. The topological polar surface area (TPSA) is 45.5 Å². The first-order valence-corrected chi connectivity index (χ1v) is 9.73. The molecule has 0 unspecified atom stereocenters. The standard InChI is InChI=1S/C21H27ClN2O2/c1-4-24-15(3)12-18(25)19(21(24)26)20(16-6-5-7-17(22)13-16)23-10-8-14(2)9-11-23/h5-7,12-14,20,25H,4,8-11H2,1-3H3/t20-/m0/s1. The number of rotatable bonds is 4. The van der Waals surface area contributed by atoms with Gasteiger partial charge in [-0.05, 0) is 69.5 Å². The summed E-state index contributed by atoms with van der Waals surface area (Å²) in [4.78, 5) is 15.5. The molecule has 2 aromatic rings. The van der Waals surface area contributed by atoms with Gasteiger partial charge in [-0.3, -0.25) is 9.69 Å². The quantitative estimate of drug-likeness (QED) is 0.864. The van der Waals surface area contributed by atoms with E-state index in [1.807, 2.05) is 38.1 Å². The van der Waals surface area contributed by atoms with Crippen molar-refractivity contribution in [1.29, 1.82) is 0 Å². The Hall–Kier alpha value is -1.78. The molecule has 1 aliphatic rings. The summed E-state index contributed by atoms with van der Waals surface area (Å²) < 4.78 is 1.72. The molecular weight excluding hydrogens is 348 g/mol. The van der Waals surface area contributed by atoms with Gasteiger partial charge in [-0.15, -0.1) is 0 Å². The summed E-state index contributed by atoms with van der Waals surface area (Å²) in [7, 11) is 0. The second kappa shape index (κ2) is 7.85. The lowest BCUT2D eigenvalue weighted by molar-refractivity contribution is 0.154. The third kappa shape index (κ3) is 3.67. The maximum atomic E-state index is 13.2. The summed E-state index contributed by atoms with van der Waals surface area (Å²) in [6.45, 7) is 8.45. The Bertz CT molecular complexity index is 838. The Morgan fingerprint density at radius 1 is 1.27 bits per heavy atom. The first-order valence-electron chi connectivity index (χ1n) is 9.35. The van der Waals surface area contributed by atoms with Crippen LogP contribution in [0.15, 0.2) is 35.1 Å². The maximum absolute atomic E-state index is 13.2. The predicted octanol–water partition coefficient (Wildman–Crippen LogP) is 4.36. The van der Waals surface area contributed by atoms with Crippen molar-refractivity contribution in [1.82, 2.24) is 9.47 Å². The molecule has 1 N–H and O–H groups in total. The molecule has 4 nitrogen and oxygen atoms in total. The van der Waals surface area contributed by atoms with Crippen molar-refractivity contribution in [3.05, 3.63) is 62.5 Å². The maximum Gasteiger partial charge on any atom is 0.259 e. The van der Waals surface area contributed by atoms with E-state index in [0.29, 0.717) is 23.0 Å². The van der Waals surface area contributed by atoms with Crippen LogP contribution in [0.2, 0.25) is 5.02 Å². The number of likely N-dealkylation sites (tertiary alicyclic amines) is 1.